The lowest BCUT2D eigenvalue weighted by Gasteiger charge is -2.29. The van der Waals surface area contributed by atoms with Crippen LogP contribution in [-0.2, 0) is 9.59 Å². The van der Waals surface area contributed by atoms with Crippen molar-refractivity contribution in [1.29, 1.82) is 0 Å². The molecule has 2 amide bonds. The molecule has 1 heterocycles. The van der Waals surface area contributed by atoms with E-state index in [-0.39, 0.29) is 29.8 Å². The monoisotopic (exact) mass is 357 g/mol. The average molecular weight is 357 g/mol. The van der Waals surface area contributed by atoms with Crippen LogP contribution in [0.2, 0.25) is 0 Å². The number of nitrogens with two attached hydrogens (primary N) is 1. The van der Waals surface area contributed by atoms with Crippen LogP contribution in [-0.4, -0.2) is 24.0 Å². The van der Waals surface area contributed by atoms with Gasteiger partial charge in [-0.15, -0.1) is 0 Å². The Bertz CT molecular complexity index is 733. The minimum atomic E-state index is -0.463. The van der Waals surface area contributed by atoms with Gasteiger partial charge in [0.2, 0.25) is 5.91 Å². The lowest BCUT2D eigenvalue weighted by molar-refractivity contribution is -0.127. The molecule has 2 bridgehead atoms. The molecule has 4 N–H and O–H groups in total. The van der Waals surface area contributed by atoms with Gasteiger partial charge in [-0.25, -0.2) is 0 Å². The van der Waals surface area contributed by atoms with E-state index in [9.17, 15) is 9.59 Å². The van der Waals surface area contributed by atoms with E-state index in [0.29, 0.717) is 29.7 Å². The molecule has 0 aromatic heterocycles. The Hall–Kier alpha value is -2.08. The zero-order chi connectivity index (χ0) is 18.4. The molecule has 26 heavy (non-hydrogen) atoms. The minimum absolute atomic E-state index is 0.00617. The normalized spacial score (nSPS) is 33.2. The van der Waals surface area contributed by atoms with Gasteiger partial charge in [-0.2, -0.15) is 0 Å². The number of hydrogen-bond acceptors (Lipinski definition) is 4. The van der Waals surface area contributed by atoms with E-state index < -0.39 is 6.10 Å². The number of anilines is 1. The molecule has 6 nitrogen and oxygen atoms in total. The number of carbonyl (C=O) groups is 2. The fraction of sp³-hybridized carbons (Fsp3) is 0.600. The quantitative estimate of drug-likeness (QED) is 0.771. The molecule has 1 aromatic rings. The van der Waals surface area contributed by atoms with Crippen molar-refractivity contribution in [3.63, 3.8) is 0 Å². The number of rotatable bonds is 4. The third-order valence-corrected chi connectivity index (χ3v) is 6.34. The van der Waals surface area contributed by atoms with Crippen LogP contribution in [0.4, 0.5) is 5.69 Å². The highest BCUT2D eigenvalue weighted by atomic mass is 16.5. The van der Waals surface area contributed by atoms with Crippen LogP contribution in [0.25, 0.3) is 0 Å². The molecular formula is C20H27N3O3. The predicted molar refractivity (Wildman–Crippen MR) is 98.6 cm³/mol. The van der Waals surface area contributed by atoms with Crippen molar-refractivity contribution in [2.24, 2.45) is 23.5 Å². The third-order valence-electron chi connectivity index (χ3n) is 6.34. The zero-order valence-electron chi connectivity index (χ0n) is 15.3. The molecule has 0 saturated heterocycles. The fourth-order valence-corrected chi connectivity index (χ4v) is 4.82. The van der Waals surface area contributed by atoms with Gasteiger partial charge in [0, 0.05) is 6.04 Å². The summed E-state index contributed by atoms with van der Waals surface area (Å²) in [6, 6.07) is 5.51. The second kappa shape index (κ2) is 6.58. The van der Waals surface area contributed by atoms with Crippen molar-refractivity contribution in [2.45, 2.75) is 57.7 Å². The van der Waals surface area contributed by atoms with Gasteiger partial charge in [-0.05, 0) is 62.1 Å². The summed E-state index contributed by atoms with van der Waals surface area (Å²) in [5, 5.41) is 6.00. The van der Waals surface area contributed by atoms with Gasteiger partial charge in [-0.3, -0.25) is 9.59 Å². The van der Waals surface area contributed by atoms with Crippen molar-refractivity contribution in [1.82, 2.24) is 5.32 Å². The van der Waals surface area contributed by atoms with Gasteiger partial charge in [0.1, 0.15) is 5.75 Å². The molecule has 6 heteroatoms. The molecular weight excluding hydrogens is 330 g/mol. The number of amides is 2. The lowest BCUT2D eigenvalue weighted by atomic mass is 9.84. The summed E-state index contributed by atoms with van der Waals surface area (Å²) in [4.78, 5) is 24.7. The van der Waals surface area contributed by atoms with E-state index in [4.69, 9.17) is 10.5 Å². The Morgan fingerprint density at radius 3 is 2.85 bits per heavy atom. The SMILES string of the molecule is CCC1Oc2cc(C(C)NC(=O)C3C4CCC(C4)C3N)ccc2NC1=O. The van der Waals surface area contributed by atoms with Crippen molar-refractivity contribution in [3.8, 4) is 5.75 Å². The molecule has 0 spiro atoms. The predicted octanol–water partition coefficient (Wildman–Crippen LogP) is 2.35. The van der Waals surface area contributed by atoms with Crippen LogP contribution >= 0.6 is 0 Å². The Balaban J connectivity index is 1.46. The standard InChI is InChI=1S/C20H27N3O3/c1-3-15-19(24)23-14-7-6-11(9-16(14)26-15)10(2)22-20(25)17-12-4-5-13(8-12)18(17)21/h6-7,9-10,12-13,15,17-18H,3-5,8,21H2,1-2H3,(H,22,25)(H,23,24). The molecule has 2 saturated carbocycles. The first-order valence-electron chi connectivity index (χ1n) is 9.65. The maximum absolute atomic E-state index is 12.8. The summed E-state index contributed by atoms with van der Waals surface area (Å²) in [6.07, 6.45) is 3.53. The summed E-state index contributed by atoms with van der Waals surface area (Å²) in [6.45, 7) is 3.89. The summed E-state index contributed by atoms with van der Waals surface area (Å²) in [7, 11) is 0. The van der Waals surface area contributed by atoms with Gasteiger partial charge >= 0.3 is 0 Å². The first kappa shape index (κ1) is 17.3. The van der Waals surface area contributed by atoms with Crippen LogP contribution in [0.5, 0.6) is 5.75 Å². The highest BCUT2D eigenvalue weighted by Gasteiger charge is 2.49. The molecule has 4 rings (SSSR count). The number of fused-ring (bicyclic) bond motifs is 3. The second-order valence-electron chi connectivity index (χ2n) is 7.93. The van der Waals surface area contributed by atoms with Crippen molar-refractivity contribution in [3.05, 3.63) is 23.8 Å². The summed E-state index contributed by atoms with van der Waals surface area (Å²) in [5.74, 6) is 1.50. The molecule has 1 aromatic carbocycles. The maximum atomic E-state index is 12.8. The average Bonchev–Trinajstić information content (AvgIpc) is 3.21. The molecule has 1 aliphatic heterocycles. The van der Waals surface area contributed by atoms with Crippen LogP contribution in [0.1, 0.15) is 51.1 Å². The largest absolute Gasteiger partial charge is 0.478 e. The smallest absolute Gasteiger partial charge is 0.265 e. The minimum Gasteiger partial charge on any atom is -0.478 e. The van der Waals surface area contributed by atoms with E-state index >= 15 is 0 Å². The van der Waals surface area contributed by atoms with Gasteiger partial charge in [0.25, 0.3) is 5.91 Å². The van der Waals surface area contributed by atoms with Gasteiger partial charge in [0.05, 0.1) is 17.6 Å². The van der Waals surface area contributed by atoms with E-state index in [1.54, 1.807) is 0 Å². The van der Waals surface area contributed by atoms with Gasteiger partial charge in [-0.1, -0.05) is 13.0 Å². The summed E-state index contributed by atoms with van der Waals surface area (Å²) >= 11 is 0. The highest BCUT2D eigenvalue weighted by Crippen LogP contribution is 2.47. The van der Waals surface area contributed by atoms with E-state index in [1.807, 2.05) is 32.0 Å². The fourth-order valence-electron chi connectivity index (χ4n) is 4.82. The Morgan fingerprint density at radius 1 is 1.38 bits per heavy atom. The second-order valence-corrected chi connectivity index (χ2v) is 7.93. The van der Waals surface area contributed by atoms with E-state index in [2.05, 4.69) is 10.6 Å². The van der Waals surface area contributed by atoms with Gasteiger partial charge in [0.15, 0.2) is 6.10 Å². The van der Waals surface area contributed by atoms with Crippen molar-refractivity contribution < 1.29 is 14.3 Å². The molecule has 2 aliphatic carbocycles. The number of benzene rings is 1. The highest BCUT2D eigenvalue weighted by molar-refractivity contribution is 5.97. The van der Waals surface area contributed by atoms with Crippen LogP contribution in [0.15, 0.2) is 18.2 Å². The number of ether oxygens (including phenoxy) is 1. The summed E-state index contributed by atoms with van der Waals surface area (Å²) < 4.78 is 5.80. The molecule has 3 aliphatic rings. The Morgan fingerprint density at radius 2 is 2.15 bits per heavy atom. The van der Waals surface area contributed by atoms with Crippen LogP contribution in [0.3, 0.4) is 0 Å². The van der Waals surface area contributed by atoms with E-state index in [0.717, 1.165) is 24.8 Å². The maximum Gasteiger partial charge on any atom is 0.265 e. The van der Waals surface area contributed by atoms with Gasteiger partial charge < -0.3 is 21.1 Å². The van der Waals surface area contributed by atoms with E-state index in [1.165, 1.54) is 0 Å². The molecule has 140 valence electrons. The number of carbonyl (C=O) groups excluding carboxylic acids is 2. The topological polar surface area (TPSA) is 93.4 Å². The third kappa shape index (κ3) is 2.86. The molecule has 0 radical (unpaired) electrons. The number of nitrogens with one attached hydrogen (secondary N) is 2. The zero-order valence-corrected chi connectivity index (χ0v) is 15.3. The molecule has 2 fully saturated rings. The van der Waals surface area contributed by atoms with Crippen LogP contribution < -0.4 is 21.1 Å². The lowest BCUT2D eigenvalue weighted by Crippen LogP contribution is -2.45. The summed E-state index contributed by atoms with van der Waals surface area (Å²) in [5.41, 5.74) is 7.93. The molecule has 6 unspecified atom stereocenters. The van der Waals surface area contributed by atoms with Crippen molar-refractivity contribution in [2.75, 3.05) is 5.32 Å². The van der Waals surface area contributed by atoms with Crippen LogP contribution in [0, 0.1) is 17.8 Å². The Kier molecular flexibility index (Phi) is 4.39. The number of hydrogen-bond donors (Lipinski definition) is 3. The first-order valence-corrected chi connectivity index (χ1v) is 9.65. The first-order chi connectivity index (χ1) is 12.5. The Labute approximate surface area is 153 Å². The van der Waals surface area contributed by atoms with Crippen molar-refractivity contribution >= 4 is 17.5 Å². The molecule has 6 atom stereocenters.